The van der Waals surface area contributed by atoms with Crippen molar-refractivity contribution in [3.8, 4) is 6.07 Å². The third-order valence-electron chi connectivity index (χ3n) is 2.23. The van der Waals surface area contributed by atoms with E-state index >= 15 is 0 Å². The van der Waals surface area contributed by atoms with Gasteiger partial charge in [0.1, 0.15) is 11.8 Å². The van der Waals surface area contributed by atoms with Crippen LogP contribution in [0.3, 0.4) is 0 Å². The standard InChI is InChI=1S/C12H17N3/c1-4-6-12(2,3)15-10-5-7-14-11(8-10)9-13/h5,7-8H,4,6H2,1-3H3,(H,14,15). The molecule has 1 N–H and O–H groups in total. The van der Waals surface area contributed by atoms with Gasteiger partial charge in [0.05, 0.1) is 0 Å². The summed E-state index contributed by atoms with van der Waals surface area (Å²) < 4.78 is 0. The molecule has 1 heterocycles. The van der Waals surface area contributed by atoms with E-state index < -0.39 is 0 Å². The van der Waals surface area contributed by atoms with Crippen LogP contribution in [0.25, 0.3) is 0 Å². The van der Waals surface area contributed by atoms with E-state index in [0.717, 1.165) is 18.5 Å². The monoisotopic (exact) mass is 203 g/mol. The molecule has 0 radical (unpaired) electrons. The smallest absolute Gasteiger partial charge is 0.142 e. The van der Waals surface area contributed by atoms with E-state index in [4.69, 9.17) is 5.26 Å². The first-order valence-electron chi connectivity index (χ1n) is 5.22. The van der Waals surface area contributed by atoms with Gasteiger partial charge in [-0.15, -0.1) is 0 Å². The molecule has 0 aromatic carbocycles. The van der Waals surface area contributed by atoms with Crippen molar-refractivity contribution in [1.29, 1.82) is 5.26 Å². The molecule has 15 heavy (non-hydrogen) atoms. The summed E-state index contributed by atoms with van der Waals surface area (Å²) in [6.45, 7) is 6.47. The minimum atomic E-state index is 0.0584. The lowest BCUT2D eigenvalue weighted by molar-refractivity contribution is 0.511. The van der Waals surface area contributed by atoms with Crippen molar-refractivity contribution >= 4 is 5.69 Å². The number of hydrogen-bond acceptors (Lipinski definition) is 3. The second-order valence-electron chi connectivity index (χ2n) is 4.30. The number of nitrogens with zero attached hydrogens (tertiary/aromatic N) is 2. The van der Waals surface area contributed by atoms with E-state index in [9.17, 15) is 0 Å². The average Bonchev–Trinajstić information content (AvgIpc) is 2.17. The quantitative estimate of drug-likeness (QED) is 0.818. The van der Waals surface area contributed by atoms with E-state index in [0.29, 0.717) is 5.69 Å². The van der Waals surface area contributed by atoms with Gasteiger partial charge >= 0.3 is 0 Å². The fourth-order valence-electron chi connectivity index (χ4n) is 1.65. The predicted octanol–water partition coefficient (Wildman–Crippen LogP) is 2.94. The number of pyridine rings is 1. The lowest BCUT2D eigenvalue weighted by Gasteiger charge is -2.27. The van der Waals surface area contributed by atoms with Crippen molar-refractivity contribution in [2.24, 2.45) is 0 Å². The third-order valence-corrected chi connectivity index (χ3v) is 2.23. The molecule has 0 aliphatic heterocycles. The topological polar surface area (TPSA) is 48.7 Å². The molecular weight excluding hydrogens is 186 g/mol. The predicted molar refractivity (Wildman–Crippen MR) is 61.6 cm³/mol. The van der Waals surface area contributed by atoms with Crippen LogP contribution in [0.15, 0.2) is 18.3 Å². The molecule has 0 aliphatic rings. The highest BCUT2D eigenvalue weighted by atomic mass is 15.0. The molecule has 3 heteroatoms. The van der Waals surface area contributed by atoms with E-state index in [1.54, 1.807) is 12.3 Å². The molecule has 0 unspecified atom stereocenters. The second-order valence-corrected chi connectivity index (χ2v) is 4.30. The van der Waals surface area contributed by atoms with Crippen molar-refractivity contribution in [1.82, 2.24) is 4.98 Å². The van der Waals surface area contributed by atoms with Crippen LogP contribution in [0.2, 0.25) is 0 Å². The van der Waals surface area contributed by atoms with Crippen LogP contribution in [-0.4, -0.2) is 10.5 Å². The Morgan fingerprint density at radius 3 is 2.87 bits per heavy atom. The number of anilines is 1. The molecule has 0 atom stereocenters. The summed E-state index contributed by atoms with van der Waals surface area (Å²) in [6.07, 6.45) is 3.89. The molecular formula is C12H17N3. The molecule has 0 aliphatic carbocycles. The minimum absolute atomic E-state index is 0.0584. The van der Waals surface area contributed by atoms with E-state index in [1.807, 2.05) is 12.1 Å². The fourth-order valence-corrected chi connectivity index (χ4v) is 1.65. The Kier molecular flexibility index (Phi) is 3.68. The molecule has 1 rings (SSSR count). The van der Waals surface area contributed by atoms with Gasteiger partial charge in [-0.3, -0.25) is 0 Å². The van der Waals surface area contributed by atoms with Crippen molar-refractivity contribution in [2.75, 3.05) is 5.32 Å². The summed E-state index contributed by atoms with van der Waals surface area (Å²) >= 11 is 0. The van der Waals surface area contributed by atoms with Crippen LogP contribution in [0.1, 0.15) is 39.3 Å². The molecule has 80 valence electrons. The minimum Gasteiger partial charge on any atom is -0.380 e. The number of rotatable bonds is 4. The van der Waals surface area contributed by atoms with Crippen LogP contribution in [0.4, 0.5) is 5.69 Å². The van der Waals surface area contributed by atoms with Gasteiger partial charge in [-0.05, 0) is 32.4 Å². The molecule has 3 nitrogen and oxygen atoms in total. The maximum absolute atomic E-state index is 8.72. The van der Waals surface area contributed by atoms with Gasteiger partial charge in [0.15, 0.2) is 0 Å². The first kappa shape index (κ1) is 11.5. The van der Waals surface area contributed by atoms with Gasteiger partial charge in [0, 0.05) is 17.4 Å². The molecule has 0 amide bonds. The van der Waals surface area contributed by atoms with Gasteiger partial charge < -0.3 is 5.32 Å². The molecule has 1 aromatic rings. The number of nitriles is 1. The molecule has 0 bridgehead atoms. The van der Waals surface area contributed by atoms with Crippen LogP contribution in [0.5, 0.6) is 0 Å². The average molecular weight is 203 g/mol. The summed E-state index contributed by atoms with van der Waals surface area (Å²) in [5.74, 6) is 0. The maximum Gasteiger partial charge on any atom is 0.142 e. The van der Waals surface area contributed by atoms with Gasteiger partial charge in [-0.2, -0.15) is 5.26 Å². The summed E-state index contributed by atoms with van der Waals surface area (Å²) in [6, 6.07) is 5.70. The van der Waals surface area contributed by atoms with Crippen molar-refractivity contribution in [3.05, 3.63) is 24.0 Å². The van der Waals surface area contributed by atoms with E-state index in [2.05, 4.69) is 31.1 Å². The van der Waals surface area contributed by atoms with Crippen LogP contribution >= 0.6 is 0 Å². The molecule has 0 saturated heterocycles. The lowest BCUT2D eigenvalue weighted by Crippen LogP contribution is -2.30. The Morgan fingerprint density at radius 1 is 1.53 bits per heavy atom. The fraction of sp³-hybridized carbons (Fsp3) is 0.500. The van der Waals surface area contributed by atoms with Gasteiger partial charge in [-0.1, -0.05) is 13.3 Å². The van der Waals surface area contributed by atoms with Crippen LogP contribution in [0, 0.1) is 11.3 Å². The Labute approximate surface area is 91.1 Å². The van der Waals surface area contributed by atoms with Crippen molar-refractivity contribution < 1.29 is 0 Å². The SMILES string of the molecule is CCCC(C)(C)Nc1ccnc(C#N)c1. The highest BCUT2D eigenvalue weighted by molar-refractivity contribution is 5.47. The normalized spacial score (nSPS) is 10.8. The van der Waals surface area contributed by atoms with Crippen molar-refractivity contribution in [2.45, 2.75) is 39.2 Å². The summed E-state index contributed by atoms with van der Waals surface area (Å²) in [5, 5.41) is 12.1. The Balaban J connectivity index is 2.76. The lowest BCUT2D eigenvalue weighted by atomic mass is 9.98. The highest BCUT2D eigenvalue weighted by Gasteiger charge is 2.15. The summed E-state index contributed by atoms with van der Waals surface area (Å²) in [5.41, 5.74) is 1.47. The zero-order valence-electron chi connectivity index (χ0n) is 9.54. The summed E-state index contributed by atoms with van der Waals surface area (Å²) in [4.78, 5) is 3.93. The maximum atomic E-state index is 8.72. The largest absolute Gasteiger partial charge is 0.380 e. The van der Waals surface area contributed by atoms with Crippen LogP contribution < -0.4 is 5.32 Å². The third kappa shape index (κ3) is 3.59. The first-order valence-corrected chi connectivity index (χ1v) is 5.22. The zero-order chi connectivity index (χ0) is 11.3. The first-order chi connectivity index (χ1) is 7.07. The molecule has 1 aromatic heterocycles. The summed E-state index contributed by atoms with van der Waals surface area (Å²) in [7, 11) is 0. The molecule has 0 spiro atoms. The Bertz CT molecular complexity index is 363. The van der Waals surface area contributed by atoms with E-state index in [1.165, 1.54) is 0 Å². The Morgan fingerprint density at radius 2 is 2.27 bits per heavy atom. The molecule has 0 fully saturated rings. The van der Waals surface area contributed by atoms with Gasteiger partial charge in [0.25, 0.3) is 0 Å². The molecule has 0 saturated carbocycles. The van der Waals surface area contributed by atoms with Crippen molar-refractivity contribution in [3.63, 3.8) is 0 Å². The second kappa shape index (κ2) is 4.79. The number of nitrogens with one attached hydrogen (secondary N) is 1. The van der Waals surface area contributed by atoms with Gasteiger partial charge in [0.2, 0.25) is 0 Å². The Hall–Kier alpha value is -1.56. The van der Waals surface area contributed by atoms with Gasteiger partial charge in [-0.25, -0.2) is 4.98 Å². The zero-order valence-corrected chi connectivity index (χ0v) is 9.54. The number of aromatic nitrogens is 1. The number of hydrogen-bond donors (Lipinski definition) is 1. The highest BCUT2D eigenvalue weighted by Crippen LogP contribution is 2.19. The van der Waals surface area contributed by atoms with E-state index in [-0.39, 0.29) is 5.54 Å². The van der Waals surface area contributed by atoms with Crippen LogP contribution in [-0.2, 0) is 0 Å².